The summed E-state index contributed by atoms with van der Waals surface area (Å²) in [6.07, 6.45) is 20.9. The number of benzene rings is 6. The third-order valence-electron chi connectivity index (χ3n) is 17.5. The van der Waals surface area contributed by atoms with Gasteiger partial charge in [-0.05, 0) is 185 Å². The maximum absolute atomic E-state index is 11.0. The van der Waals surface area contributed by atoms with Crippen molar-refractivity contribution < 1.29 is 14.3 Å². The monoisotopic (exact) mass is 1110 g/mol. The number of piperidine rings is 3. The standard InChI is InChI=1S/C33H33N7O.C17H11N3O2.C17H27N3/c1-2-15-39(16-3-1)23-12-17-40(18-13-23)24-6-9-30-31(20-24)36-33(35-30)32-27-21-26(8-11-29(27)37-38-32)41-25-7-10-28-22(19-25)5-4-14-34-28;21-10-17-14-9-13(4-6-16(14)19-20-17)22-12-3-5-15-11(8-12)2-1-7-18-15;18-16-7-6-15(12-17(16)19)20-10-8-14(9-11-20)13-4-2-1-3-5-13/h4-11,14,19-21,23H,1-3,12-13,15-18H2,(H,35,36)(H,37,38);1-10H,(H,19,20);6-7,12-14H,1-5,8-11,18-19H2. The van der Waals surface area contributed by atoms with Gasteiger partial charge in [-0.3, -0.25) is 25.0 Å². The average Bonchev–Trinajstić information content (AvgIpc) is 4.29. The molecule has 11 aromatic rings. The molecule has 0 unspecified atom stereocenters. The van der Waals surface area contributed by atoms with Crippen molar-refractivity contribution in [2.45, 2.75) is 83.1 Å². The molecule has 7 N–H and O–H groups in total. The highest BCUT2D eigenvalue weighted by atomic mass is 16.5. The summed E-state index contributed by atoms with van der Waals surface area (Å²) in [7, 11) is 0. The fourth-order valence-corrected chi connectivity index (χ4v) is 13.0. The number of rotatable bonds is 10. The molecule has 3 aliphatic heterocycles. The summed E-state index contributed by atoms with van der Waals surface area (Å²) in [5, 5.41) is 18.3. The zero-order valence-corrected chi connectivity index (χ0v) is 46.9. The number of aromatic nitrogens is 8. The van der Waals surface area contributed by atoms with Gasteiger partial charge in [0.15, 0.2) is 12.1 Å². The number of carbonyl (C=O) groups is 1. The van der Waals surface area contributed by atoms with Gasteiger partial charge in [-0.25, -0.2) is 4.98 Å². The zero-order chi connectivity index (χ0) is 56.1. The number of nitrogen functional groups attached to an aromatic ring is 2. The van der Waals surface area contributed by atoms with Gasteiger partial charge in [-0.15, -0.1) is 0 Å². The number of aromatic amines is 3. The minimum Gasteiger partial charge on any atom is -0.457 e. The van der Waals surface area contributed by atoms with Gasteiger partial charge in [0, 0.05) is 77.5 Å². The van der Waals surface area contributed by atoms with Gasteiger partial charge in [0.05, 0.1) is 44.5 Å². The first-order valence-electron chi connectivity index (χ1n) is 29.7. The number of hydrogen-bond donors (Lipinski definition) is 5. The number of ether oxygens (including phenoxy) is 2. The summed E-state index contributed by atoms with van der Waals surface area (Å²) in [6.45, 7) is 7.12. The van der Waals surface area contributed by atoms with Crippen molar-refractivity contribution in [1.29, 1.82) is 0 Å². The minimum atomic E-state index is 0.447. The van der Waals surface area contributed by atoms with Crippen LogP contribution in [-0.2, 0) is 0 Å². The molecule has 0 bridgehead atoms. The molecule has 5 aromatic heterocycles. The van der Waals surface area contributed by atoms with E-state index in [4.69, 9.17) is 25.9 Å². The van der Waals surface area contributed by atoms with Crippen LogP contribution in [-0.4, -0.2) is 96.8 Å². The van der Waals surface area contributed by atoms with Crippen LogP contribution < -0.4 is 30.7 Å². The number of hydrogen-bond acceptors (Lipinski definition) is 13. The molecule has 0 radical (unpaired) electrons. The quantitative estimate of drug-likeness (QED) is 0.0638. The van der Waals surface area contributed by atoms with Crippen LogP contribution in [0.5, 0.6) is 23.0 Å². The van der Waals surface area contributed by atoms with Crippen LogP contribution in [0.3, 0.4) is 0 Å². The number of H-pyrrole nitrogens is 3. The van der Waals surface area contributed by atoms with Gasteiger partial charge in [-0.1, -0.05) is 50.7 Å². The average molecular weight is 1110 g/mol. The zero-order valence-electron chi connectivity index (χ0n) is 46.9. The van der Waals surface area contributed by atoms with Crippen molar-refractivity contribution in [1.82, 2.24) is 45.2 Å². The predicted molar refractivity (Wildman–Crippen MR) is 334 cm³/mol. The van der Waals surface area contributed by atoms with E-state index in [0.29, 0.717) is 22.8 Å². The van der Waals surface area contributed by atoms with Crippen molar-refractivity contribution in [2.75, 3.05) is 60.5 Å². The van der Waals surface area contributed by atoms with Crippen molar-refractivity contribution >= 4 is 83.7 Å². The molecule has 83 heavy (non-hydrogen) atoms. The lowest BCUT2D eigenvalue weighted by molar-refractivity contribution is 0.112. The molecule has 0 atom stereocenters. The lowest BCUT2D eigenvalue weighted by Gasteiger charge is -2.41. The molecule has 1 aliphatic carbocycles. The molecule has 0 amide bonds. The second-order valence-corrected chi connectivity index (χ2v) is 22.8. The fraction of sp³-hybridized carbons (Fsp3) is 0.313. The number of imidazole rings is 1. The van der Waals surface area contributed by atoms with Crippen LogP contribution >= 0.6 is 0 Å². The van der Waals surface area contributed by atoms with E-state index >= 15 is 0 Å². The first kappa shape index (κ1) is 53.3. The number of nitrogens with zero attached hydrogens (tertiary/aromatic N) is 8. The van der Waals surface area contributed by atoms with Crippen LogP contribution in [0, 0.1) is 11.8 Å². The Morgan fingerprint density at radius 1 is 0.494 bits per heavy atom. The number of likely N-dealkylation sites (tertiary alicyclic amines) is 1. The molecular formula is C67H71N13O3. The molecule has 422 valence electrons. The number of aldehydes is 1. The van der Waals surface area contributed by atoms with E-state index in [-0.39, 0.29) is 0 Å². The first-order chi connectivity index (χ1) is 40.8. The maximum atomic E-state index is 11.0. The van der Waals surface area contributed by atoms with E-state index < -0.39 is 0 Å². The Morgan fingerprint density at radius 2 is 1.07 bits per heavy atom. The Labute approximate surface area is 482 Å². The molecule has 16 nitrogen and oxygen atoms in total. The van der Waals surface area contributed by atoms with Crippen molar-refractivity contribution in [3.63, 3.8) is 0 Å². The van der Waals surface area contributed by atoms with Gasteiger partial charge in [-0.2, -0.15) is 10.2 Å². The Bertz CT molecular complexity index is 4030. The number of fused-ring (bicyclic) bond motifs is 5. The van der Waals surface area contributed by atoms with Gasteiger partial charge in [0.25, 0.3) is 0 Å². The summed E-state index contributed by atoms with van der Waals surface area (Å²) in [6, 6.07) is 44.3. The van der Waals surface area contributed by atoms with E-state index in [1.54, 1.807) is 18.5 Å². The Kier molecular flexibility index (Phi) is 15.5. The van der Waals surface area contributed by atoms with Crippen molar-refractivity contribution in [3.8, 4) is 34.5 Å². The number of anilines is 4. The van der Waals surface area contributed by atoms with Gasteiger partial charge in [0.1, 0.15) is 34.4 Å². The highest BCUT2D eigenvalue weighted by Crippen LogP contribution is 2.38. The Morgan fingerprint density at radius 3 is 1.75 bits per heavy atom. The smallest absolute Gasteiger partial charge is 0.168 e. The van der Waals surface area contributed by atoms with E-state index in [9.17, 15) is 4.79 Å². The topological polar surface area (TPSA) is 209 Å². The summed E-state index contributed by atoms with van der Waals surface area (Å²) < 4.78 is 12.1. The highest BCUT2D eigenvalue weighted by Gasteiger charge is 2.29. The maximum Gasteiger partial charge on any atom is 0.168 e. The molecule has 4 fully saturated rings. The number of nitrogens with one attached hydrogen (secondary N) is 3. The normalized spacial score (nSPS) is 16.7. The second kappa shape index (κ2) is 24.2. The lowest BCUT2D eigenvalue weighted by Crippen LogP contribution is -2.46. The molecule has 4 aliphatic rings. The summed E-state index contributed by atoms with van der Waals surface area (Å²) in [4.78, 5) is 35.8. The molecule has 1 saturated carbocycles. The molecule has 16 heteroatoms. The van der Waals surface area contributed by atoms with Gasteiger partial charge >= 0.3 is 0 Å². The highest BCUT2D eigenvalue weighted by molar-refractivity contribution is 5.96. The molecule has 0 spiro atoms. The van der Waals surface area contributed by atoms with E-state index in [1.165, 1.54) is 115 Å². The van der Waals surface area contributed by atoms with Gasteiger partial charge in [0.2, 0.25) is 0 Å². The molecule has 8 heterocycles. The van der Waals surface area contributed by atoms with Crippen LogP contribution in [0.15, 0.2) is 146 Å². The van der Waals surface area contributed by atoms with E-state index in [0.717, 1.165) is 121 Å². The van der Waals surface area contributed by atoms with Crippen LogP contribution in [0.2, 0.25) is 0 Å². The SMILES string of the molecule is Nc1ccc(N2CCC(C3CCCCC3)CC2)cc1N.O=Cc1[nH]nc2ccc(Oc3ccc4ncccc4c3)cc12.c1cnc2ccc(Oc3ccc4[nH]nc(-c5nc6ccc(N7CCC(N8CCCCC8)CC7)cc6[nH]5)c4c3)cc2c1. The third kappa shape index (κ3) is 12.0. The molecular weight excluding hydrogens is 1030 g/mol. The molecule has 6 aromatic carbocycles. The van der Waals surface area contributed by atoms with Crippen molar-refractivity contribution in [2.24, 2.45) is 11.8 Å². The molecule has 15 rings (SSSR count). The van der Waals surface area contributed by atoms with Crippen LogP contribution in [0.25, 0.3) is 66.2 Å². The largest absolute Gasteiger partial charge is 0.457 e. The second-order valence-electron chi connectivity index (χ2n) is 22.8. The summed E-state index contributed by atoms with van der Waals surface area (Å²) >= 11 is 0. The first-order valence-corrected chi connectivity index (χ1v) is 29.7. The third-order valence-corrected chi connectivity index (χ3v) is 17.5. The van der Waals surface area contributed by atoms with Crippen molar-refractivity contribution in [3.05, 3.63) is 152 Å². The Balaban J connectivity index is 0.000000129. The predicted octanol–water partition coefficient (Wildman–Crippen LogP) is 14.3. The fourth-order valence-electron chi connectivity index (χ4n) is 13.0. The number of carbonyl (C=O) groups excluding carboxylic acids is 1. The minimum absolute atomic E-state index is 0.447. The van der Waals surface area contributed by atoms with Crippen LogP contribution in [0.1, 0.15) is 87.5 Å². The Hall–Kier alpha value is -9.02. The van der Waals surface area contributed by atoms with Gasteiger partial charge < -0.3 is 40.6 Å². The number of pyridine rings is 2. The lowest BCUT2D eigenvalue weighted by atomic mass is 9.76. The summed E-state index contributed by atoms with van der Waals surface area (Å²) in [5.74, 6) is 5.60. The van der Waals surface area contributed by atoms with Crippen LogP contribution in [0.4, 0.5) is 22.7 Å². The summed E-state index contributed by atoms with van der Waals surface area (Å²) in [5.41, 5.74) is 22.3. The van der Waals surface area contributed by atoms with E-state index in [1.807, 2.05) is 103 Å². The number of nitrogens with two attached hydrogens (primary N) is 2. The van der Waals surface area contributed by atoms with E-state index in [2.05, 4.69) is 74.3 Å². The molecule has 3 saturated heterocycles.